The predicted molar refractivity (Wildman–Crippen MR) is 122 cm³/mol. The predicted octanol–water partition coefficient (Wildman–Crippen LogP) is 4.82. The molecule has 0 radical (unpaired) electrons. The molecule has 0 unspecified atom stereocenters. The van der Waals surface area contributed by atoms with E-state index in [0.29, 0.717) is 5.69 Å². The zero-order chi connectivity index (χ0) is 24.2. The van der Waals surface area contributed by atoms with Crippen LogP contribution in [0, 0.1) is 15.9 Å². The summed E-state index contributed by atoms with van der Waals surface area (Å²) >= 11 is 7.15. The first-order valence-corrected chi connectivity index (χ1v) is 10.7. The molecule has 0 spiro atoms. The molecule has 1 heterocycles. The van der Waals surface area contributed by atoms with Crippen molar-refractivity contribution < 1.29 is 23.6 Å². The molecule has 2 amide bonds. The quantitative estimate of drug-likeness (QED) is 0.343. The molecule has 0 aliphatic rings. The van der Waals surface area contributed by atoms with Crippen LogP contribution in [0.3, 0.4) is 0 Å². The van der Waals surface area contributed by atoms with Crippen LogP contribution in [0.25, 0.3) is 0 Å². The third-order valence-electron chi connectivity index (χ3n) is 4.29. The molecule has 9 nitrogen and oxygen atoms in total. The van der Waals surface area contributed by atoms with Gasteiger partial charge in [0.05, 0.1) is 17.0 Å². The van der Waals surface area contributed by atoms with Gasteiger partial charge in [0.1, 0.15) is 15.9 Å². The van der Waals surface area contributed by atoms with Crippen LogP contribution in [-0.2, 0) is 16.0 Å². The minimum atomic E-state index is -1.34. The molecular weight excluding hydrogens is 475 g/mol. The summed E-state index contributed by atoms with van der Waals surface area (Å²) in [5, 5.41) is 16.1. The van der Waals surface area contributed by atoms with E-state index in [-0.39, 0.29) is 33.0 Å². The van der Waals surface area contributed by atoms with Crippen LogP contribution >= 0.6 is 22.9 Å². The Kier molecular flexibility index (Phi) is 7.24. The number of anilines is 2. The van der Waals surface area contributed by atoms with E-state index in [1.54, 1.807) is 0 Å². The molecule has 0 saturated carbocycles. The highest BCUT2D eigenvalue weighted by Gasteiger charge is 2.31. The molecule has 1 aromatic heterocycles. The Balaban J connectivity index is 1.61. The number of hydrogen-bond acceptors (Lipinski definition) is 7. The molecule has 12 heteroatoms. The van der Waals surface area contributed by atoms with Crippen LogP contribution in [-0.4, -0.2) is 27.3 Å². The fourth-order valence-electron chi connectivity index (χ4n) is 2.61. The topological polar surface area (TPSA) is 123 Å². The molecule has 3 aromatic rings. The molecule has 0 bridgehead atoms. The molecule has 0 fully saturated rings. The fraction of sp³-hybridized carbons (Fsp3) is 0.190. The van der Waals surface area contributed by atoms with Crippen molar-refractivity contribution in [1.82, 2.24) is 4.98 Å². The Morgan fingerprint density at radius 1 is 1.15 bits per heavy atom. The number of nitro groups is 1. The van der Waals surface area contributed by atoms with Gasteiger partial charge < -0.3 is 10.1 Å². The maximum Gasteiger partial charge on any atom is 0.269 e. The summed E-state index contributed by atoms with van der Waals surface area (Å²) in [5.74, 6) is -1.09. The Morgan fingerprint density at radius 3 is 2.39 bits per heavy atom. The zero-order valence-corrected chi connectivity index (χ0v) is 19.0. The number of hydrogen-bond donors (Lipinski definition) is 2. The summed E-state index contributed by atoms with van der Waals surface area (Å²) in [6, 6.07) is 10.6. The average molecular weight is 493 g/mol. The van der Waals surface area contributed by atoms with Gasteiger partial charge in [-0.2, -0.15) is 0 Å². The van der Waals surface area contributed by atoms with Crippen molar-refractivity contribution in [3.8, 4) is 5.75 Å². The highest BCUT2D eigenvalue weighted by atomic mass is 35.5. The van der Waals surface area contributed by atoms with Gasteiger partial charge in [-0.3, -0.25) is 25.0 Å². The molecular formula is C21H18ClFN4O5S. The summed E-state index contributed by atoms with van der Waals surface area (Å²) in [4.78, 5) is 39.3. The summed E-state index contributed by atoms with van der Waals surface area (Å²) in [6.45, 7) is 3.05. The summed E-state index contributed by atoms with van der Waals surface area (Å²) in [5.41, 5.74) is -0.746. The lowest BCUT2D eigenvalue weighted by atomic mass is 10.1. The highest BCUT2D eigenvalue weighted by Crippen LogP contribution is 2.30. The third kappa shape index (κ3) is 6.46. The van der Waals surface area contributed by atoms with Gasteiger partial charge in [-0.1, -0.05) is 22.9 Å². The van der Waals surface area contributed by atoms with Crippen LogP contribution in [0.4, 0.5) is 20.9 Å². The van der Waals surface area contributed by atoms with E-state index in [1.165, 1.54) is 62.4 Å². The van der Waals surface area contributed by atoms with E-state index in [9.17, 15) is 24.1 Å². The maximum atomic E-state index is 13.0. The van der Waals surface area contributed by atoms with Crippen molar-refractivity contribution in [2.24, 2.45) is 0 Å². The first-order chi connectivity index (χ1) is 15.5. The zero-order valence-electron chi connectivity index (χ0n) is 17.4. The van der Waals surface area contributed by atoms with Crippen molar-refractivity contribution in [3.63, 3.8) is 0 Å². The number of nitrogens with zero attached hydrogens (tertiary/aromatic N) is 2. The number of nitro benzene ring substituents is 1. The van der Waals surface area contributed by atoms with Gasteiger partial charge in [0.15, 0.2) is 10.7 Å². The van der Waals surface area contributed by atoms with Crippen LogP contribution in [0.1, 0.15) is 19.5 Å². The second-order valence-corrected chi connectivity index (χ2v) is 8.89. The molecule has 0 aliphatic heterocycles. The van der Waals surface area contributed by atoms with Gasteiger partial charge in [0, 0.05) is 17.8 Å². The lowest BCUT2D eigenvalue weighted by Gasteiger charge is -2.24. The number of thiazole rings is 1. The number of aromatic nitrogens is 1. The van der Waals surface area contributed by atoms with E-state index < -0.39 is 28.2 Å². The van der Waals surface area contributed by atoms with Crippen molar-refractivity contribution in [2.45, 2.75) is 25.9 Å². The Morgan fingerprint density at radius 2 is 1.79 bits per heavy atom. The summed E-state index contributed by atoms with van der Waals surface area (Å²) < 4.78 is 18.9. The summed E-state index contributed by atoms with van der Waals surface area (Å²) in [6.07, 6.45) is -0.148. The van der Waals surface area contributed by atoms with E-state index in [4.69, 9.17) is 16.3 Å². The monoisotopic (exact) mass is 492 g/mol. The third-order valence-corrected chi connectivity index (χ3v) is 5.54. The highest BCUT2D eigenvalue weighted by molar-refractivity contribution is 7.19. The number of nitrogens with one attached hydrogen (secondary N) is 2. The number of ether oxygens (including phenoxy) is 1. The summed E-state index contributed by atoms with van der Waals surface area (Å²) in [7, 11) is 0. The first kappa shape index (κ1) is 24.1. The van der Waals surface area contributed by atoms with Gasteiger partial charge in [-0.25, -0.2) is 9.37 Å². The van der Waals surface area contributed by atoms with Crippen molar-refractivity contribution in [2.75, 3.05) is 10.6 Å². The van der Waals surface area contributed by atoms with Crippen LogP contribution < -0.4 is 15.4 Å². The lowest BCUT2D eigenvalue weighted by Crippen LogP contribution is -2.42. The number of rotatable bonds is 8. The van der Waals surface area contributed by atoms with Crippen LogP contribution in [0.15, 0.2) is 48.5 Å². The Bertz CT molecular complexity index is 1180. The van der Waals surface area contributed by atoms with Crippen molar-refractivity contribution in [1.29, 1.82) is 0 Å². The molecule has 33 heavy (non-hydrogen) atoms. The van der Waals surface area contributed by atoms with Gasteiger partial charge >= 0.3 is 0 Å². The average Bonchev–Trinajstić information content (AvgIpc) is 3.08. The maximum absolute atomic E-state index is 13.0. The molecule has 3 rings (SSSR count). The molecule has 0 atom stereocenters. The Hall–Kier alpha value is -3.57. The standard InChI is InChI=1S/C21H18ClFN4O5S/c1-21(2,32-15-9-7-14(8-10-15)27(30)31)19(29)26-20-25-16(18(22)33-20)11-17(28)24-13-5-3-12(23)4-6-13/h3-10H,11H2,1-2H3,(H,24,28)(H,25,26,29). The second-order valence-electron chi connectivity index (χ2n) is 7.29. The van der Waals surface area contributed by atoms with E-state index >= 15 is 0 Å². The smallest absolute Gasteiger partial charge is 0.269 e. The van der Waals surface area contributed by atoms with Crippen LogP contribution in [0.2, 0.25) is 4.34 Å². The molecule has 0 saturated heterocycles. The number of halogens is 2. The van der Waals surface area contributed by atoms with Crippen LogP contribution in [0.5, 0.6) is 5.75 Å². The number of amides is 2. The van der Waals surface area contributed by atoms with Gasteiger partial charge in [0.2, 0.25) is 5.91 Å². The molecule has 2 N–H and O–H groups in total. The second kappa shape index (κ2) is 9.92. The van der Waals surface area contributed by atoms with Gasteiger partial charge in [0.25, 0.3) is 11.6 Å². The minimum absolute atomic E-state index is 0.0990. The largest absolute Gasteiger partial charge is 0.478 e. The number of carbonyl (C=O) groups is 2. The van der Waals surface area contributed by atoms with E-state index in [0.717, 1.165) is 11.3 Å². The van der Waals surface area contributed by atoms with Crippen molar-refractivity contribution in [3.05, 3.63) is 74.5 Å². The Labute approximate surface area is 196 Å². The number of carbonyl (C=O) groups excluding carboxylic acids is 2. The van der Waals surface area contributed by atoms with Gasteiger partial charge in [-0.05, 0) is 50.2 Å². The SMILES string of the molecule is CC(C)(Oc1ccc([N+](=O)[O-])cc1)C(=O)Nc1nc(CC(=O)Nc2ccc(F)cc2)c(Cl)s1. The lowest BCUT2D eigenvalue weighted by molar-refractivity contribution is -0.384. The molecule has 172 valence electrons. The fourth-order valence-corrected chi connectivity index (χ4v) is 3.64. The number of non-ortho nitro benzene ring substituents is 1. The molecule has 2 aromatic carbocycles. The molecule has 0 aliphatic carbocycles. The van der Waals surface area contributed by atoms with E-state index in [1.807, 2.05) is 0 Å². The minimum Gasteiger partial charge on any atom is -0.478 e. The van der Waals surface area contributed by atoms with E-state index in [2.05, 4.69) is 15.6 Å². The first-order valence-electron chi connectivity index (χ1n) is 9.49. The van der Waals surface area contributed by atoms with Crippen molar-refractivity contribution >= 4 is 51.3 Å². The van der Waals surface area contributed by atoms with Gasteiger partial charge in [-0.15, -0.1) is 0 Å². The normalized spacial score (nSPS) is 11.0. The number of benzene rings is 2.